The second-order valence-electron chi connectivity index (χ2n) is 5.56. The monoisotopic (exact) mass is 434 g/mol. The van der Waals surface area contributed by atoms with Crippen LogP contribution in [0.4, 0.5) is 0 Å². The van der Waals surface area contributed by atoms with Crippen LogP contribution in [-0.2, 0) is 25.8 Å². The molecule has 0 spiro atoms. The first-order valence-corrected chi connectivity index (χ1v) is 8.55. The third-order valence-electron chi connectivity index (χ3n) is 3.59. The van der Waals surface area contributed by atoms with Gasteiger partial charge in [-0.1, -0.05) is 97.3 Å². The molecule has 0 aromatic rings. The minimum Gasteiger partial charge on any atom is -0.662 e. The summed E-state index contributed by atoms with van der Waals surface area (Å²) in [7, 11) is 0. The fourth-order valence-corrected chi connectivity index (χ4v) is 2.30. The van der Waals surface area contributed by atoms with Crippen LogP contribution in [0, 0.1) is 0 Å². The predicted octanol–water partition coefficient (Wildman–Crippen LogP) is 6.47. The molecule has 0 aliphatic carbocycles. The fourth-order valence-electron chi connectivity index (χ4n) is 2.30. The topological polar surface area (TPSA) is 14.1 Å². The first kappa shape index (κ1) is 22.1. The zero-order valence-corrected chi connectivity index (χ0v) is 17.1. The Balaban J connectivity index is 0. The molecule has 0 N–H and O–H groups in total. The van der Waals surface area contributed by atoms with E-state index < -0.39 is 0 Å². The van der Waals surface area contributed by atoms with E-state index in [4.69, 9.17) is 0 Å². The average Bonchev–Trinajstić information content (AvgIpc) is 2.39. The van der Waals surface area contributed by atoms with Crippen LogP contribution in [0.3, 0.4) is 0 Å². The summed E-state index contributed by atoms with van der Waals surface area (Å²) >= 11 is 0. The number of unbranched alkanes of at least 4 members (excludes halogenated alkanes) is 11. The third kappa shape index (κ3) is 21.3. The average molecular weight is 433 g/mol. The molecular formula is C17H36HfN-. The zero-order valence-electron chi connectivity index (χ0n) is 13.6. The van der Waals surface area contributed by atoms with Crippen molar-refractivity contribution in [1.82, 2.24) is 0 Å². The van der Waals surface area contributed by atoms with Gasteiger partial charge in [0.1, 0.15) is 0 Å². The predicted molar refractivity (Wildman–Crippen MR) is 84.5 cm³/mol. The van der Waals surface area contributed by atoms with Crippen molar-refractivity contribution in [2.75, 3.05) is 13.1 Å². The molecule has 2 heteroatoms. The Morgan fingerprint density at radius 1 is 0.474 bits per heavy atom. The molecular weight excluding hydrogens is 397 g/mol. The normalized spacial score (nSPS) is 10.4. The van der Waals surface area contributed by atoms with Crippen LogP contribution in [0.25, 0.3) is 5.32 Å². The molecule has 0 aromatic heterocycles. The Hall–Kier alpha value is 0.830. The Morgan fingerprint density at radius 3 is 1.26 bits per heavy atom. The molecule has 0 aliphatic rings. The summed E-state index contributed by atoms with van der Waals surface area (Å²) in [5.41, 5.74) is 0. The standard InChI is InChI=1S/C17H36N.Hf/c1-3-5-7-8-9-10-11-12-13-15-17-18-16-14-6-4-2;/h3-17H2,1-2H3;/q-1;. The smallest absolute Gasteiger partial charge is 0 e. The fraction of sp³-hybridized carbons (Fsp3) is 1.00. The molecule has 0 aliphatic heterocycles. The van der Waals surface area contributed by atoms with Crippen molar-refractivity contribution in [3.8, 4) is 0 Å². The number of hydrogen-bond acceptors (Lipinski definition) is 0. The zero-order chi connectivity index (χ0) is 13.3. The first-order chi connectivity index (χ1) is 8.91. The number of nitrogens with zero attached hydrogens (tertiary/aromatic N) is 1. The van der Waals surface area contributed by atoms with Crippen molar-refractivity contribution >= 4 is 0 Å². The Bertz CT molecular complexity index is 123. The van der Waals surface area contributed by atoms with Gasteiger partial charge in [0, 0.05) is 25.8 Å². The molecule has 19 heavy (non-hydrogen) atoms. The largest absolute Gasteiger partial charge is 0.662 e. The van der Waals surface area contributed by atoms with Gasteiger partial charge in [0.15, 0.2) is 0 Å². The second kappa shape index (κ2) is 21.1. The van der Waals surface area contributed by atoms with Gasteiger partial charge in [0.2, 0.25) is 0 Å². The second-order valence-corrected chi connectivity index (χ2v) is 5.56. The molecule has 0 saturated carbocycles. The maximum atomic E-state index is 4.58. The summed E-state index contributed by atoms with van der Waals surface area (Å²) in [4.78, 5) is 0. The quantitative estimate of drug-likeness (QED) is 0.208. The van der Waals surface area contributed by atoms with E-state index in [1.807, 2.05) is 0 Å². The molecule has 0 saturated heterocycles. The SMILES string of the molecule is CCCCCCCCCCCC[N-]CCCCC.[Hf]. The van der Waals surface area contributed by atoms with E-state index in [-0.39, 0.29) is 25.8 Å². The van der Waals surface area contributed by atoms with Gasteiger partial charge in [-0.15, -0.1) is 13.1 Å². The molecule has 0 rings (SSSR count). The van der Waals surface area contributed by atoms with E-state index in [0.717, 1.165) is 13.1 Å². The van der Waals surface area contributed by atoms with Crippen molar-refractivity contribution in [3.05, 3.63) is 5.32 Å². The molecule has 0 amide bonds. The van der Waals surface area contributed by atoms with E-state index in [9.17, 15) is 0 Å². The molecule has 0 heterocycles. The van der Waals surface area contributed by atoms with Crippen LogP contribution < -0.4 is 0 Å². The number of rotatable bonds is 15. The molecule has 114 valence electrons. The van der Waals surface area contributed by atoms with Crippen LogP contribution >= 0.6 is 0 Å². The van der Waals surface area contributed by atoms with E-state index in [1.165, 1.54) is 83.5 Å². The molecule has 0 radical (unpaired) electrons. The maximum Gasteiger partial charge on any atom is 0 e. The summed E-state index contributed by atoms with van der Waals surface area (Å²) in [6.45, 7) is 6.75. The van der Waals surface area contributed by atoms with Crippen LogP contribution in [0.5, 0.6) is 0 Å². The van der Waals surface area contributed by atoms with E-state index in [2.05, 4.69) is 19.2 Å². The third-order valence-corrected chi connectivity index (χ3v) is 3.59. The van der Waals surface area contributed by atoms with Crippen molar-refractivity contribution in [2.45, 2.75) is 97.3 Å². The van der Waals surface area contributed by atoms with Gasteiger partial charge in [-0.2, -0.15) is 0 Å². The van der Waals surface area contributed by atoms with Gasteiger partial charge in [0.05, 0.1) is 0 Å². The molecule has 0 fully saturated rings. The minimum absolute atomic E-state index is 0. The number of hydrogen-bond donors (Lipinski definition) is 0. The van der Waals surface area contributed by atoms with Crippen molar-refractivity contribution in [1.29, 1.82) is 0 Å². The van der Waals surface area contributed by atoms with Gasteiger partial charge in [-0.05, 0) is 0 Å². The Kier molecular flexibility index (Phi) is 24.6. The molecule has 0 bridgehead atoms. The van der Waals surface area contributed by atoms with E-state index in [0.29, 0.717) is 0 Å². The van der Waals surface area contributed by atoms with E-state index in [1.54, 1.807) is 0 Å². The molecule has 0 unspecified atom stereocenters. The van der Waals surface area contributed by atoms with Gasteiger partial charge < -0.3 is 5.32 Å². The minimum atomic E-state index is 0. The van der Waals surface area contributed by atoms with Gasteiger partial charge in [-0.3, -0.25) is 0 Å². The van der Waals surface area contributed by atoms with E-state index >= 15 is 0 Å². The summed E-state index contributed by atoms with van der Waals surface area (Å²) in [5.74, 6) is 0. The van der Waals surface area contributed by atoms with Gasteiger partial charge in [0.25, 0.3) is 0 Å². The van der Waals surface area contributed by atoms with Crippen LogP contribution in [0.1, 0.15) is 97.3 Å². The first-order valence-electron chi connectivity index (χ1n) is 8.55. The van der Waals surface area contributed by atoms with Crippen LogP contribution in [-0.4, -0.2) is 13.1 Å². The van der Waals surface area contributed by atoms with Crippen LogP contribution in [0.15, 0.2) is 0 Å². The Morgan fingerprint density at radius 2 is 0.789 bits per heavy atom. The van der Waals surface area contributed by atoms with Crippen molar-refractivity contribution < 1.29 is 25.8 Å². The molecule has 0 atom stereocenters. The Labute approximate surface area is 141 Å². The van der Waals surface area contributed by atoms with Crippen molar-refractivity contribution in [3.63, 3.8) is 0 Å². The van der Waals surface area contributed by atoms with Gasteiger partial charge >= 0.3 is 0 Å². The van der Waals surface area contributed by atoms with Crippen molar-refractivity contribution in [2.24, 2.45) is 0 Å². The molecule has 0 aromatic carbocycles. The summed E-state index contributed by atoms with van der Waals surface area (Å²) in [6, 6.07) is 0. The summed E-state index contributed by atoms with van der Waals surface area (Å²) in [6.07, 6.45) is 18.2. The molecule has 1 nitrogen and oxygen atoms in total. The van der Waals surface area contributed by atoms with Crippen LogP contribution in [0.2, 0.25) is 0 Å². The maximum absolute atomic E-state index is 4.58. The summed E-state index contributed by atoms with van der Waals surface area (Å²) < 4.78 is 0. The summed E-state index contributed by atoms with van der Waals surface area (Å²) in [5, 5.41) is 4.58. The van der Waals surface area contributed by atoms with Gasteiger partial charge in [-0.25, -0.2) is 0 Å².